The summed E-state index contributed by atoms with van der Waals surface area (Å²) < 4.78 is 27.3. The fraction of sp³-hybridized carbons (Fsp3) is 0.421. The molecule has 2 fully saturated rings. The van der Waals surface area contributed by atoms with E-state index < -0.39 is 17.0 Å². The number of rotatable bonds is 3. The number of benzene rings is 1. The predicted molar refractivity (Wildman–Crippen MR) is 96.1 cm³/mol. The quantitative estimate of drug-likeness (QED) is 0.808. The summed E-state index contributed by atoms with van der Waals surface area (Å²) in [5.41, 5.74) is 1.76. The van der Waals surface area contributed by atoms with Crippen LogP contribution in [-0.4, -0.2) is 46.2 Å². The Labute approximate surface area is 159 Å². The monoisotopic (exact) mass is 391 g/mol. The highest BCUT2D eigenvalue weighted by atomic mass is 32.1. The topological polar surface area (TPSA) is 53.5 Å². The van der Waals surface area contributed by atoms with Gasteiger partial charge >= 0.3 is 0 Å². The van der Waals surface area contributed by atoms with E-state index in [1.54, 1.807) is 20.7 Å². The van der Waals surface area contributed by atoms with Gasteiger partial charge in [0.25, 0.3) is 5.91 Å². The third kappa shape index (κ3) is 3.34. The van der Waals surface area contributed by atoms with Crippen molar-refractivity contribution in [3.05, 3.63) is 52.0 Å². The van der Waals surface area contributed by atoms with Crippen molar-refractivity contribution in [2.45, 2.75) is 25.8 Å². The summed E-state index contributed by atoms with van der Waals surface area (Å²) in [5.74, 6) is -1.14. The van der Waals surface area contributed by atoms with Crippen LogP contribution in [0.2, 0.25) is 0 Å². The highest BCUT2D eigenvalue weighted by molar-refractivity contribution is 7.07. The molecule has 2 aliphatic heterocycles. The Bertz CT molecular complexity index is 864. The van der Waals surface area contributed by atoms with Crippen LogP contribution in [0, 0.1) is 17.0 Å². The van der Waals surface area contributed by atoms with Gasteiger partial charge in [0, 0.05) is 37.1 Å². The zero-order valence-corrected chi connectivity index (χ0v) is 15.5. The number of carbonyl (C=O) groups excluding carboxylic acids is 2. The highest BCUT2D eigenvalue weighted by Crippen LogP contribution is 2.42. The molecule has 2 saturated heterocycles. The molecule has 1 spiro atoms. The third-order valence-corrected chi connectivity index (χ3v) is 6.22. The van der Waals surface area contributed by atoms with E-state index in [-0.39, 0.29) is 23.9 Å². The van der Waals surface area contributed by atoms with Crippen LogP contribution < -0.4 is 0 Å². The van der Waals surface area contributed by atoms with Gasteiger partial charge in [-0.1, -0.05) is 0 Å². The maximum Gasteiger partial charge on any atom is 0.273 e. The number of hydrogen-bond donors (Lipinski definition) is 0. The van der Waals surface area contributed by atoms with E-state index in [1.165, 1.54) is 11.3 Å². The molecule has 0 bridgehead atoms. The number of likely N-dealkylation sites (tertiary alicyclic amines) is 2. The lowest BCUT2D eigenvalue weighted by Crippen LogP contribution is -2.46. The molecule has 3 heterocycles. The summed E-state index contributed by atoms with van der Waals surface area (Å²) in [4.78, 5) is 32.8. The van der Waals surface area contributed by atoms with E-state index in [2.05, 4.69) is 4.98 Å². The fourth-order valence-corrected chi connectivity index (χ4v) is 4.52. The Morgan fingerprint density at radius 3 is 2.63 bits per heavy atom. The van der Waals surface area contributed by atoms with Crippen LogP contribution in [0.15, 0.2) is 29.1 Å². The largest absolute Gasteiger partial charge is 0.338 e. The Balaban J connectivity index is 1.42. The van der Waals surface area contributed by atoms with Crippen LogP contribution in [0.1, 0.15) is 35.3 Å². The molecule has 142 valence electrons. The number of thiazole rings is 1. The number of piperidine rings is 1. The SMILES string of the molecule is O=C(c1cscn1)N1CCC2(CC1)CCN(Cc1cc(F)ccc1F)C2=O. The van der Waals surface area contributed by atoms with E-state index in [0.717, 1.165) is 18.2 Å². The Kier molecular flexibility index (Phi) is 4.67. The molecule has 27 heavy (non-hydrogen) atoms. The minimum atomic E-state index is -0.512. The summed E-state index contributed by atoms with van der Waals surface area (Å²) in [7, 11) is 0. The van der Waals surface area contributed by atoms with Gasteiger partial charge in [-0.15, -0.1) is 11.3 Å². The van der Waals surface area contributed by atoms with Gasteiger partial charge in [0.15, 0.2) is 0 Å². The Morgan fingerprint density at radius 1 is 1.19 bits per heavy atom. The first-order chi connectivity index (χ1) is 13.0. The van der Waals surface area contributed by atoms with Crippen molar-refractivity contribution in [2.24, 2.45) is 5.41 Å². The summed E-state index contributed by atoms with van der Waals surface area (Å²) in [6.45, 7) is 1.61. The molecule has 1 aromatic heterocycles. The van der Waals surface area contributed by atoms with Crippen LogP contribution in [0.3, 0.4) is 0 Å². The standard InChI is InChI=1S/C19H19F2N3O2S/c20-14-1-2-15(21)13(9-14)10-24-8-5-19(18(24)26)3-6-23(7-4-19)17(25)16-11-27-12-22-16/h1-2,9,11-12H,3-8,10H2. The molecule has 0 aliphatic carbocycles. The number of hydrogen-bond acceptors (Lipinski definition) is 4. The van der Waals surface area contributed by atoms with Crippen molar-refractivity contribution in [3.8, 4) is 0 Å². The summed E-state index contributed by atoms with van der Waals surface area (Å²) in [6.07, 6.45) is 1.86. The van der Waals surface area contributed by atoms with Gasteiger partial charge in [-0.3, -0.25) is 9.59 Å². The van der Waals surface area contributed by atoms with Gasteiger partial charge in [-0.05, 0) is 37.5 Å². The fourth-order valence-electron chi connectivity index (χ4n) is 4.00. The molecule has 4 rings (SSSR count). The first-order valence-corrected chi connectivity index (χ1v) is 9.84. The number of carbonyl (C=O) groups is 2. The number of nitrogens with zero attached hydrogens (tertiary/aromatic N) is 3. The Morgan fingerprint density at radius 2 is 1.93 bits per heavy atom. The molecule has 2 amide bonds. The smallest absolute Gasteiger partial charge is 0.273 e. The molecule has 8 heteroatoms. The van der Waals surface area contributed by atoms with Crippen LogP contribution in [0.4, 0.5) is 8.78 Å². The molecular formula is C19H19F2N3O2S. The molecule has 0 atom stereocenters. The molecule has 0 N–H and O–H groups in total. The molecule has 2 aliphatic rings. The summed E-state index contributed by atoms with van der Waals surface area (Å²) in [5, 5.41) is 1.72. The second kappa shape index (κ2) is 6.99. The van der Waals surface area contributed by atoms with Gasteiger partial charge in [0.05, 0.1) is 10.9 Å². The first kappa shape index (κ1) is 18.0. The molecule has 0 unspecified atom stereocenters. The number of halogens is 2. The Hall–Kier alpha value is -2.35. The van der Waals surface area contributed by atoms with E-state index >= 15 is 0 Å². The van der Waals surface area contributed by atoms with Gasteiger partial charge < -0.3 is 9.80 Å². The third-order valence-electron chi connectivity index (χ3n) is 5.63. The number of amides is 2. The lowest BCUT2D eigenvalue weighted by atomic mass is 9.77. The lowest BCUT2D eigenvalue weighted by Gasteiger charge is -2.37. The van der Waals surface area contributed by atoms with Crippen molar-refractivity contribution in [2.75, 3.05) is 19.6 Å². The van der Waals surface area contributed by atoms with E-state index in [1.807, 2.05) is 0 Å². The maximum absolute atomic E-state index is 13.9. The second-order valence-corrected chi connectivity index (χ2v) is 7.88. The second-order valence-electron chi connectivity index (χ2n) is 7.16. The molecular weight excluding hydrogens is 372 g/mol. The van der Waals surface area contributed by atoms with Crippen LogP contribution >= 0.6 is 11.3 Å². The van der Waals surface area contributed by atoms with Crippen LogP contribution in [0.25, 0.3) is 0 Å². The molecule has 1 aromatic carbocycles. The molecule has 0 radical (unpaired) electrons. The van der Waals surface area contributed by atoms with Gasteiger partial charge in [-0.2, -0.15) is 0 Å². The average Bonchev–Trinajstić information content (AvgIpc) is 3.30. The minimum Gasteiger partial charge on any atom is -0.338 e. The molecule has 0 saturated carbocycles. The summed E-state index contributed by atoms with van der Waals surface area (Å²) >= 11 is 1.38. The van der Waals surface area contributed by atoms with Crippen LogP contribution in [-0.2, 0) is 11.3 Å². The summed E-state index contributed by atoms with van der Waals surface area (Å²) in [6, 6.07) is 3.30. The minimum absolute atomic E-state index is 0.0214. The zero-order chi connectivity index (χ0) is 19.0. The normalized spacial score (nSPS) is 19.1. The van der Waals surface area contributed by atoms with Crippen LogP contribution in [0.5, 0.6) is 0 Å². The van der Waals surface area contributed by atoms with Crippen molar-refractivity contribution in [1.82, 2.24) is 14.8 Å². The lowest BCUT2D eigenvalue weighted by molar-refractivity contribution is -0.138. The van der Waals surface area contributed by atoms with Crippen molar-refractivity contribution >= 4 is 23.2 Å². The zero-order valence-electron chi connectivity index (χ0n) is 14.7. The predicted octanol–water partition coefficient (Wildman–Crippen LogP) is 3.08. The van der Waals surface area contributed by atoms with E-state index in [0.29, 0.717) is 44.6 Å². The van der Waals surface area contributed by atoms with Crippen molar-refractivity contribution in [1.29, 1.82) is 0 Å². The average molecular weight is 391 g/mol. The first-order valence-electron chi connectivity index (χ1n) is 8.89. The van der Waals surface area contributed by atoms with Crippen molar-refractivity contribution < 1.29 is 18.4 Å². The highest BCUT2D eigenvalue weighted by Gasteiger charge is 2.48. The number of aromatic nitrogens is 1. The van der Waals surface area contributed by atoms with E-state index in [4.69, 9.17) is 0 Å². The maximum atomic E-state index is 13.9. The van der Waals surface area contributed by atoms with Gasteiger partial charge in [0.1, 0.15) is 17.3 Å². The van der Waals surface area contributed by atoms with E-state index in [9.17, 15) is 18.4 Å². The van der Waals surface area contributed by atoms with Gasteiger partial charge in [0.2, 0.25) is 5.91 Å². The molecule has 2 aromatic rings. The van der Waals surface area contributed by atoms with Crippen molar-refractivity contribution in [3.63, 3.8) is 0 Å². The van der Waals surface area contributed by atoms with Gasteiger partial charge in [-0.25, -0.2) is 13.8 Å². The molecule has 5 nitrogen and oxygen atoms in total.